The Morgan fingerprint density at radius 2 is 2.00 bits per heavy atom. The molecule has 0 radical (unpaired) electrons. The van der Waals surface area contributed by atoms with Crippen molar-refractivity contribution in [1.82, 2.24) is 24.7 Å². The Morgan fingerprint density at radius 3 is 2.78 bits per heavy atom. The third kappa shape index (κ3) is 3.58. The summed E-state index contributed by atoms with van der Waals surface area (Å²) in [7, 11) is 1.61. The Bertz CT molecular complexity index is 1480. The first-order chi connectivity index (χ1) is 15.6. The molecule has 1 unspecified atom stereocenters. The highest BCUT2D eigenvalue weighted by Crippen LogP contribution is 2.35. The molecule has 7 nitrogen and oxygen atoms in total. The van der Waals surface area contributed by atoms with Crippen LogP contribution in [0.3, 0.4) is 0 Å². The van der Waals surface area contributed by atoms with Gasteiger partial charge in [0.15, 0.2) is 11.6 Å². The number of H-pyrrole nitrogens is 1. The Morgan fingerprint density at radius 1 is 1.16 bits per heavy atom. The average Bonchev–Trinajstić information content (AvgIpc) is 3.48. The topological polar surface area (TPSA) is 85.7 Å². The minimum atomic E-state index is -0.669. The molecule has 5 aromatic rings. The standard InChI is InChI=1S/C22H16ClN5O2S2/c1-30-16-6-3-2-5-15(16)28-20(17-7-4-10-32-17)26-27-21(28)18(31)19-24-14-11-12(23)8-9-13(14)22(29)25-19/h2-11,18,31H,1H3,(H,24,25,29). The molecular weight excluding hydrogens is 466 g/mol. The van der Waals surface area contributed by atoms with Crippen LogP contribution in [-0.4, -0.2) is 31.8 Å². The first kappa shape index (κ1) is 20.7. The SMILES string of the molecule is COc1ccccc1-n1c(-c2cccs2)nnc1C(S)c1nc2cc(Cl)ccc2c(=O)[nH]1. The molecule has 0 amide bonds. The van der Waals surface area contributed by atoms with Gasteiger partial charge in [0.05, 0.1) is 28.6 Å². The summed E-state index contributed by atoms with van der Waals surface area (Å²) in [5, 5.41) is 11.1. The number of nitrogens with one attached hydrogen (secondary N) is 1. The van der Waals surface area contributed by atoms with Crippen molar-refractivity contribution in [3.8, 4) is 22.1 Å². The van der Waals surface area contributed by atoms with Crippen LogP contribution in [0.25, 0.3) is 27.3 Å². The van der Waals surface area contributed by atoms with Crippen LogP contribution in [0.5, 0.6) is 5.75 Å². The number of thiol groups is 1. The van der Waals surface area contributed by atoms with Crippen LogP contribution >= 0.6 is 35.6 Å². The van der Waals surface area contributed by atoms with Crippen molar-refractivity contribution in [3.63, 3.8) is 0 Å². The fraction of sp³-hybridized carbons (Fsp3) is 0.0909. The number of halogens is 1. The molecule has 5 rings (SSSR count). The summed E-state index contributed by atoms with van der Waals surface area (Å²) in [6.45, 7) is 0. The Labute approximate surface area is 197 Å². The molecule has 0 bridgehead atoms. The van der Waals surface area contributed by atoms with E-state index in [0.29, 0.717) is 39.1 Å². The summed E-state index contributed by atoms with van der Waals surface area (Å²) >= 11 is 12.4. The van der Waals surface area contributed by atoms with Gasteiger partial charge in [0.2, 0.25) is 0 Å². The predicted octanol–water partition coefficient (Wildman–Crippen LogP) is 4.91. The Kier molecular flexibility index (Phi) is 5.46. The van der Waals surface area contributed by atoms with Gasteiger partial charge in [0.25, 0.3) is 5.56 Å². The van der Waals surface area contributed by atoms with Crippen molar-refractivity contribution < 1.29 is 4.74 Å². The van der Waals surface area contributed by atoms with Crippen LogP contribution in [0.1, 0.15) is 16.9 Å². The lowest BCUT2D eigenvalue weighted by Gasteiger charge is -2.16. The quantitative estimate of drug-likeness (QED) is 0.348. The van der Waals surface area contributed by atoms with Crippen molar-refractivity contribution >= 4 is 46.5 Å². The maximum Gasteiger partial charge on any atom is 0.258 e. The molecule has 160 valence electrons. The van der Waals surface area contributed by atoms with Gasteiger partial charge in [-0.05, 0) is 41.8 Å². The Balaban J connectivity index is 1.72. The monoisotopic (exact) mass is 481 g/mol. The van der Waals surface area contributed by atoms with Gasteiger partial charge >= 0.3 is 0 Å². The summed E-state index contributed by atoms with van der Waals surface area (Å²) in [4.78, 5) is 21.0. The van der Waals surface area contributed by atoms with E-state index in [4.69, 9.17) is 29.0 Å². The molecule has 10 heteroatoms. The summed E-state index contributed by atoms with van der Waals surface area (Å²) in [5.74, 6) is 2.13. The summed E-state index contributed by atoms with van der Waals surface area (Å²) in [6, 6.07) is 16.5. The van der Waals surface area contributed by atoms with Gasteiger partial charge in [-0.2, -0.15) is 12.6 Å². The molecule has 0 spiro atoms. The van der Waals surface area contributed by atoms with E-state index in [1.54, 1.807) is 36.6 Å². The molecule has 0 aliphatic carbocycles. The zero-order valence-electron chi connectivity index (χ0n) is 16.7. The van der Waals surface area contributed by atoms with E-state index in [2.05, 4.69) is 20.2 Å². The van der Waals surface area contributed by atoms with Crippen LogP contribution in [0, 0.1) is 0 Å². The van der Waals surface area contributed by atoms with E-state index in [1.165, 1.54) is 0 Å². The number of rotatable bonds is 5. The second kappa shape index (κ2) is 8.42. The van der Waals surface area contributed by atoms with Gasteiger partial charge in [-0.1, -0.05) is 29.8 Å². The largest absolute Gasteiger partial charge is 0.495 e. The van der Waals surface area contributed by atoms with Gasteiger partial charge in [0.1, 0.15) is 16.8 Å². The molecule has 0 fully saturated rings. The average molecular weight is 482 g/mol. The molecule has 3 heterocycles. The third-order valence-corrected chi connectivity index (χ3v) is 6.52. The molecule has 0 aliphatic rings. The van der Waals surface area contributed by atoms with E-state index in [-0.39, 0.29) is 5.56 Å². The fourth-order valence-electron chi connectivity index (χ4n) is 3.47. The number of hydrogen-bond donors (Lipinski definition) is 2. The summed E-state index contributed by atoms with van der Waals surface area (Å²) in [5.41, 5.74) is 0.961. The second-order valence-corrected chi connectivity index (χ2v) is 8.78. The molecule has 0 saturated heterocycles. The number of para-hydroxylation sites is 2. The van der Waals surface area contributed by atoms with Gasteiger partial charge in [0, 0.05) is 5.02 Å². The number of benzene rings is 2. The van der Waals surface area contributed by atoms with Crippen LogP contribution in [0.4, 0.5) is 0 Å². The molecule has 32 heavy (non-hydrogen) atoms. The van der Waals surface area contributed by atoms with Gasteiger partial charge in [-0.25, -0.2) is 4.98 Å². The highest BCUT2D eigenvalue weighted by atomic mass is 35.5. The normalized spacial score (nSPS) is 12.2. The number of ether oxygens (including phenoxy) is 1. The van der Waals surface area contributed by atoms with Crippen LogP contribution in [-0.2, 0) is 0 Å². The number of hydrogen-bond acceptors (Lipinski definition) is 7. The smallest absolute Gasteiger partial charge is 0.258 e. The minimum Gasteiger partial charge on any atom is -0.495 e. The maximum absolute atomic E-state index is 12.7. The zero-order chi connectivity index (χ0) is 22.2. The highest BCUT2D eigenvalue weighted by Gasteiger charge is 2.26. The Hall–Kier alpha value is -3.14. The number of methoxy groups -OCH3 is 1. The third-order valence-electron chi connectivity index (χ3n) is 4.95. The molecule has 0 saturated carbocycles. The predicted molar refractivity (Wildman–Crippen MR) is 129 cm³/mol. The number of fused-ring (bicyclic) bond motifs is 1. The van der Waals surface area contributed by atoms with Crippen LogP contribution in [0.2, 0.25) is 5.02 Å². The second-order valence-electron chi connectivity index (χ2n) is 6.88. The van der Waals surface area contributed by atoms with Crippen LogP contribution < -0.4 is 10.3 Å². The molecule has 0 aliphatic heterocycles. The zero-order valence-corrected chi connectivity index (χ0v) is 19.2. The highest BCUT2D eigenvalue weighted by molar-refractivity contribution is 7.80. The summed E-state index contributed by atoms with van der Waals surface area (Å²) in [6.07, 6.45) is 0. The first-order valence-electron chi connectivity index (χ1n) is 9.57. The van der Waals surface area contributed by atoms with E-state index in [0.717, 1.165) is 10.6 Å². The van der Waals surface area contributed by atoms with Crippen molar-refractivity contribution in [2.75, 3.05) is 7.11 Å². The van der Waals surface area contributed by atoms with E-state index in [9.17, 15) is 4.79 Å². The lowest BCUT2D eigenvalue weighted by molar-refractivity contribution is 0.412. The first-order valence-corrected chi connectivity index (χ1v) is 11.3. The molecular formula is C22H16ClN5O2S2. The van der Waals surface area contributed by atoms with Gasteiger partial charge in [-0.3, -0.25) is 9.36 Å². The number of aromatic nitrogens is 5. The van der Waals surface area contributed by atoms with Crippen molar-refractivity contribution in [3.05, 3.63) is 87.0 Å². The van der Waals surface area contributed by atoms with Crippen molar-refractivity contribution in [2.45, 2.75) is 5.25 Å². The number of aromatic amines is 1. The molecule has 1 atom stereocenters. The lowest BCUT2D eigenvalue weighted by atomic mass is 10.2. The van der Waals surface area contributed by atoms with Crippen molar-refractivity contribution in [1.29, 1.82) is 0 Å². The maximum atomic E-state index is 12.7. The minimum absolute atomic E-state index is 0.275. The van der Waals surface area contributed by atoms with E-state index in [1.807, 2.05) is 46.3 Å². The number of thiophene rings is 1. The van der Waals surface area contributed by atoms with E-state index >= 15 is 0 Å². The molecule has 2 aromatic carbocycles. The van der Waals surface area contributed by atoms with E-state index < -0.39 is 5.25 Å². The number of nitrogens with zero attached hydrogens (tertiary/aromatic N) is 4. The fourth-order valence-corrected chi connectivity index (χ4v) is 4.63. The van der Waals surface area contributed by atoms with Crippen molar-refractivity contribution in [2.24, 2.45) is 0 Å². The van der Waals surface area contributed by atoms with Gasteiger partial charge < -0.3 is 9.72 Å². The summed E-state index contributed by atoms with van der Waals surface area (Å²) < 4.78 is 7.47. The van der Waals surface area contributed by atoms with Crippen LogP contribution in [0.15, 0.2) is 64.8 Å². The molecule has 1 N–H and O–H groups in total. The van der Waals surface area contributed by atoms with Gasteiger partial charge in [-0.15, -0.1) is 21.5 Å². The molecule has 3 aromatic heterocycles. The lowest BCUT2D eigenvalue weighted by Crippen LogP contribution is -2.16.